The second kappa shape index (κ2) is 7.84. The Hall–Kier alpha value is -1.39. The molecule has 3 N–H and O–H groups in total. The Balaban J connectivity index is 2.63. The van der Waals surface area contributed by atoms with E-state index in [0.29, 0.717) is 5.56 Å². The molecule has 1 rings (SSSR count). The molecular weight excluding hydrogens is 226 g/mol. The van der Waals surface area contributed by atoms with Crippen molar-refractivity contribution in [1.82, 2.24) is 10.3 Å². The summed E-state index contributed by atoms with van der Waals surface area (Å²) in [6, 6.07) is 7.60. The number of nitrogens with two attached hydrogens (primary N) is 1. The summed E-state index contributed by atoms with van der Waals surface area (Å²) in [5, 5.41) is 0. The van der Waals surface area contributed by atoms with Gasteiger partial charge in [-0.05, 0) is 43.6 Å². The number of hydrogen-bond donors (Lipinski definition) is 2. The minimum Gasteiger partial charge on any atom is -0.299 e. The third-order valence-corrected chi connectivity index (χ3v) is 2.83. The molecule has 0 aromatic heterocycles. The third-order valence-electron chi connectivity index (χ3n) is 2.83. The molecule has 1 aromatic carbocycles. The van der Waals surface area contributed by atoms with Crippen LogP contribution in [0.15, 0.2) is 24.3 Å². The van der Waals surface area contributed by atoms with Crippen molar-refractivity contribution in [1.29, 1.82) is 0 Å². The fourth-order valence-corrected chi connectivity index (χ4v) is 2.01. The molecule has 0 atom stereocenters. The molecule has 0 aliphatic carbocycles. The van der Waals surface area contributed by atoms with Gasteiger partial charge in [-0.15, -0.1) is 0 Å². The molecule has 0 radical (unpaired) electrons. The number of hydrogen-bond acceptors (Lipinski definition) is 3. The van der Waals surface area contributed by atoms with Gasteiger partial charge in [0.1, 0.15) is 0 Å². The van der Waals surface area contributed by atoms with Gasteiger partial charge in [-0.1, -0.05) is 26.0 Å². The van der Waals surface area contributed by atoms with Gasteiger partial charge in [0.25, 0.3) is 5.91 Å². The maximum absolute atomic E-state index is 11.3. The predicted molar refractivity (Wildman–Crippen MR) is 74.0 cm³/mol. The number of nitrogens with zero attached hydrogens (tertiary/aromatic N) is 1. The molecule has 0 unspecified atom stereocenters. The van der Waals surface area contributed by atoms with E-state index in [1.54, 1.807) is 0 Å². The van der Waals surface area contributed by atoms with E-state index < -0.39 is 0 Å². The lowest BCUT2D eigenvalue weighted by molar-refractivity contribution is 0.0953. The van der Waals surface area contributed by atoms with Crippen LogP contribution in [-0.4, -0.2) is 23.9 Å². The number of carbonyl (C=O) groups is 1. The van der Waals surface area contributed by atoms with Crippen LogP contribution in [0.2, 0.25) is 0 Å². The number of nitrogen functional groups attached to an aromatic ring is 1. The van der Waals surface area contributed by atoms with Crippen LogP contribution >= 0.6 is 0 Å². The molecule has 18 heavy (non-hydrogen) atoms. The van der Waals surface area contributed by atoms with E-state index in [0.717, 1.165) is 32.5 Å². The van der Waals surface area contributed by atoms with Crippen LogP contribution < -0.4 is 11.3 Å². The summed E-state index contributed by atoms with van der Waals surface area (Å²) < 4.78 is 0. The van der Waals surface area contributed by atoms with Crippen LogP contribution in [0.5, 0.6) is 0 Å². The van der Waals surface area contributed by atoms with Crippen LogP contribution in [0.4, 0.5) is 0 Å². The fourth-order valence-electron chi connectivity index (χ4n) is 2.01. The minimum absolute atomic E-state index is 0.250. The SMILES string of the molecule is CCCN(CCC)Cc1ccc(C(=O)NN)cc1. The first-order chi connectivity index (χ1) is 8.71. The normalized spacial score (nSPS) is 10.7. The van der Waals surface area contributed by atoms with E-state index in [-0.39, 0.29) is 5.91 Å². The van der Waals surface area contributed by atoms with Crippen molar-refractivity contribution in [3.8, 4) is 0 Å². The highest BCUT2D eigenvalue weighted by molar-refractivity contribution is 5.93. The van der Waals surface area contributed by atoms with Crippen LogP contribution in [-0.2, 0) is 6.54 Å². The first-order valence-corrected chi connectivity index (χ1v) is 6.53. The van der Waals surface area contributed by atoms with Crippen molar-refractivity contribution in [3.63, 3.8) is 0 Å². The summed E-state index contributed by atoms with van der Waals surface area (Å²) >= 11 is 0. The Morgan fingerprint density at radius 3 is 2.17 bits per heavy atom. The van der Waals surface area contributed by atoms with Gasteiger partial charge in [0.15, 0.2) is 0 Å². The first kappa shape index (κ1) is 14.7. The van der Waals surface area contributed by atoms with Crippen molar-refractivity contribution in [2.45, 2.75) is 33.2 Å². The maximum atomic E-state index is 11.3. The maximum Gasteiger partial charge on any atom is 0.265 e. The molecule has 1 amide bonds. The zero-order valence-electron chi connectivity index (χ0n) is 11.3. The zero-order chi connectivity index (χ0) is 13.4. The predicted octanol–water partition coefficient (Wildman–Crippen LogP) is 1.91. The fraction of sp³-hybridized carbons (Fsp3) is 0.500. The number of rotatable bonds is 7. The second-order valence-electron chi connectivity index (χ2n) is 4.45. The van der Waals surface area contributed by atoms with E-state index in [1.165, 1.54) is 5.56 Å². The van der Waals surface area contributed by atoms with Gasteiger partial charge in [-0.2, -0.15) is 0 Å². The van der Waals surface area contributed by atoms with E-state index in [1.807, 2.05) is 24.3 Å². The Kier molecular flexibility index (Phi) is 6.39. The lowest BCUT2D eigenvalue weighted by Crippen LogP contribution is -2.30. The van der Waals surface area contributed by atoms with Crippen LogP contribution in [0, 0.1) is 0 Å². The van der Waals surface area contributed by atoms with Gasteiger partial charge in [0.2, 0.25) is 0 Å². The molecule has 1 aromatic rings. The number of carbonyl (C=O) groups excluding carboxylic acids is 1. The molecule has 0 heterocycles. The van der Waals surface area contributed by atoms with Gasteiger partial charge < -0.3 is 0 Å². The topological polar surface area (TPSA) is 58.4 Å². The van der Waals surface area contributed by atoms with Crippen molar-refractivity contribution < 1.29 is 4.79 Å². The third kappa shape index (κ3) is 4.47. The van der Waals surface area contributed by atoms with E-state index in [4.69, 9.17) is 5.84 Å². The summed E-state index contributed by atoms with van der Waals surface area (Å²) in [6.07, 6.45) is 2.32. The van der Waals surface area contributed by atoms with Gasteiger partial charge >= 0.3 is 0 Å². The Bertz CT molecular complexity index is 356. The van der Waals surface area contributed by atoms with Gasteiger partial charge in [0.05, 0.1) is 0 Å². The molecule has 0 spiro atoms. The van der Waals surface area contributed by atoms with E-state index in [2.05, 4.69) is 24.2 Å². The molecule has 4 nitrogen and oxygen atoms in total. The summed E-state index contributed by atoms with van der Waals surface area (Å²) in [5.41, 5.74) is 3.96. The average molecular weight is 249 g/mol. The highest BCUT2D eigenvalue weighted by Gasteiger charge is 2.06. The highest BCUT2D eigenvalue weighted by atomic mass is 16.2. The standard InChI is InChI=1S/C14H23N3O/c1-3-9-17(10-4-2)11-12-5-7-13(8-6-12)14(18)16-15/h5-8H,3-4,9-11,15H2,1-2H3,(H,16,18). The lowest BCUT2D eigenvalue weighted by Gasteiger charge is -2.21. The van der Waals surface area contributed by atoms with Crippen LogP contribution in [0.3, 0.4) is 0 Å². The van der Waals surface area contributed by atoms with Gasteiger partial charge in [-0.25, -0.2) is 5.84 Å². The molecule has 0 saturated carbocycles. The molecule has 0 aliphatic heterocycles. The first-order valence-electron chi connectivity index (χ1n) is 6.53. The largest absolute Gasteiger partial charge is 0.299 e. The molecule has 0 aliphatic rings. The number of benzene rings is 1. The summed E-state index contributed by atoms with van der Waals surface area (Å²) in [7, 11) is 0. The molecule has 100 valence electrons. The van der Waals surface area contributed by atoms with Gasteiger partial charge in [0, 0.05) is 12.1 Å². The minimum atomic E-state index is -0.250. The summed E-state index contributed by atoms with van der Waals surface area (Å²) in [5.74, 6) is 4.84. The quantitative estimate of drug-likeness (QED) is 0.441. The lowest BCUT2D eigenvalue weighted by atomic mass is 10.1. The highest BCUT2D eigenvalue weighted by Crippen LogP contribution is 2.08. The van der Waals surface area contributed by atoms with E-state index in [9.17, 15) is 4.79 Å². The van der Waals surface area contributed by atoms with Crippen molar-refractivity contribution in [2.24, 2.45) is 5.84 Å². The van der Waals surface area contributed by atoms with Crippen LogP contribution in [0.1, 0.15) is 42.6 Å². The van der Waals surface area contributed by atoms with Crippen molar-refractivity contribution >= 4 is 5.91 Å². The van der Waals surface area contributed by atoms with Gasteiger partial charge in [-0.3, -0.25) is 15.1 Å². The summed E-state index contributed by atoms with van der Waals surface area (Å²) in [4.78, 5) is 13.7. The Labute approximate surface area is 109 Å². The Morgan fingerprint density at radius 1 is 1.17 bits per heavy atom. The number of amides is 1. The zero-order valence-corrected chi connectivity index (χ0v) is 11.3. The molecule has 4 heteroatoms. The molecule has 0 bridgehead atoms. The second-order valence-corrected chi connectivity index (χ2v) is 4.45. The molecule has 0 saturated heterocycles. The van der Waals surface area contributed by atoms with E-state index >= 15 is 0 Å². The number of hydrazine groups is 1. The summed E-state index contributed by atoms with van der Waals surface area (Å²) in [6.45, 7) is 7.54. The Morgan fingerprint density at radius 2 is 1.72 bits per heavy atom. The smallest absolute Gasteiger partial charge is 0.265 e. The average Bonchev–Trinajstić information content (AvgIpc) is 2.39. The van der Waals surface area contributed by atoms with Crippen molar-refractivity contribution in [2.75, 3.05) is 13.1 Å². The van der Waals surface area contributed by atoms with Crippen molar-refractivity contribution in [3.05, 3.63) is 35.4 Å². The molecular formula is C14H23N3O. The number of nitrogens with one attached hydrogen (secondary N) is 1. The monoisotopic (exact) mass is 249 g/mol. The van der Waals surface area contributed by atoms with Crippen LogP contribution in [0.25, 0.3) is 0 Å². The molecule has 0 fully saturated rings.